The van der Waals surface area contributed by atoms with Crippen LogP contribution in [0.5, 0.6) is 5.75 Å². The van der Waals surface area contributed by atoms with Crippen molar-refractivity contribution in [1.29, 1.82) is 0 Å². The maximum Gasteiger partial charge on any atom is 0.260 e. The molecule has 0 unspecified atom stereocenters. The lowest BCUT2D eigenvalue weighted by Gasteiger charge is -2.34. The van der Waals surface area contributed by atoms with E-state index < -0.39 is 0 Å². The molecule has 1 aromatic carbocycles. The number of benzene rings is 1. The predicted molar refractivity (Wildman–Crippen MR) is 125 cm³/mol. The molecule has 1 aromatic rings. The van der Waals surface area contributed by atoms with Crippen LogP contribution in [-0.4, -0.2) is 30.5 Å². The lowest BCUT2D eigenvalue weighted by molar-refractivity contribution is -0.133. The fraction of sp³-hybridized carbons (Fsp3) is 0.731. The van der Waals surface area contributed by atoms with Crippen LogP contribution in [0.4, 0.5) is 0 Å². The van der Waals surface area contributed by atoms with Gasteiger partial charge in [0.1, 0.15) is 5.75 Å². The van der Waals surface area contributed by atoms with E-state index in [0.29, 0.717) is 0 Å². The van der Waals surface area contributed by atoms with Gasteiger partial charge in [0.2, 0.25) is 0 Å². The molecule has 0 bridgehead atoms. The molecule has 0 atom stereocenters. The molecule has 1 amide bonds. The van der Waals surface area contributed by atoms with Gasteiger partial charge in [-0.2, -0.15) is 0 Å². The number of hydrogen-bond acceptors (Lipinski definition) is 2. The molecule has 3 heteroatoms. The Hall–Kier alpha value is -1.51. The molecule has 0 aliphatic carbocycles. The van der Waals surface area contributed by atoms with E-state index in [0.717, 1.165) is 57.4 Å². The molecule has 0 aromatic heterocycles. The fourth-order valence-electron chi connectivity index (χ4n) is 3.44. The average Bonchev–Trinajstić information content (AvgIpc) is 2.71. The zero-order valence-electron chi connectivity index (χ0n) is 20.4. The number of unbranched alkanes of at least 4 members (excludes halogenated alkanes) is 2. The highest BCUT2D eigenvalue weighted by atomic mass is 16.5. The van der Waals surface area contributed by atoms with Crippen LogP contribution in [-0.2, 0) is 15.6 Å². The van der Waals surface area contributed by atoms with E-state index in [1.807, 2.05) is 11.0 Å². The van der Waals surface area contributed by atoms with Gasteiger partial charge in [-0.3, -0.25) is 4.79 Å². The van der Waals surface area contributed by atoms with Gasteiger partial charge < -0.3 is 9.64 Å². The number of carbonyl (C=O) groups is 1. The van der Waals surface area contributed by atoms with Crippen molar-refractivity contribution in [2.24, 2.45) is 0 Å². The molecule has 0 N–H and O–H groups in total. The number of amides is 1. The summed E-state index contributed by atoms with van der Waals surface area (Å²) in [6.45, 7) is 19.8. The van der Waals surface area contributed by atoms with Gasteiger partial charge in [-0.15, -0.1) is 0 Å². The van der Waals surface area contributed by atoms with E-state index in [-0.39, 0.29) is 23.3 Å². The highest BCUT2D eigenvalue weighted by molar-refractivity contribution is 5.77. The molecule has 0 aliphatic heterocycles. The van der Waals surface area contributed by atoms with Crippen molar-refractivity contribution < 1.29 is 9.53 Å². The van der Waals surface area contributed by atoms with Gasteiger partial charge in [-0.1, -0.05) is 74.3 Å². The molecule has 0 aliphatic rings. The summed E-state index contributed by atoms with van der Waals surface area (Å²) in [6.07, 6.45) is 6.43. The summed E-state index contributed by atoms with van der Waals surface area (Å²) in [5.74, 6) is 0.901. The predicted octanol–water partition coefficient (Wildman–Crippen LogP) is 6.87. The van der Waals surface area contributed by atoms with Gasteiger partial charge in [0, 0.05) is 13.1 Å². The number of hydrogen-bond donors (Lipinski definition) is 0. The number of nitrogens with zero attached hydrogens (tertiary/aromatic N) is 1. The third kappa shape index (κ3) is 7.35. The van der Waals surface area contributed by atoms with Gasteiger partial charge in [-0.25, -0.2) is 0 Å². The van der Waals surface area contributed by atoms with Crippen molar-refractivity contribution >= 4 is 5.91 Å². The van der Waals surface area contributed by atoms with Crippen LogP contribution in [0.1, 0.15) is 105 Å². The summed E-state index contributed by atoms with van der Waals surface area (Å²) in [5, 5.41) is 0. The Labute approximate surface area is 180 Å². The summed E-state index contributed by atoms with van der Waals surface area (Å²) in [5.41, 5.74) is 2.91. The lowest BCUT2D eigenvalue weighted by atomic mass is 9.71. The van der Waals surface area contributed by atoms with E-state index in [9.17, 15) is 4.79 Å². The zero-order valence-corrected chi connectivity index (χ0v) is 20.4. The summed E-state index contributed by atoms with van der Waals surface area (Å²) in [7, 11) is 0. The van der Waals surface area contributed by atoms with E-state index in [1.165, 1.54) is 11.1 Å². The zero-order chi connectivity index (χ0) is 22.1. The minimum atomic E-state index is 0.0689. The van der Waals surface area contributed by atoms with Crippen molar-refractivity contribution in [2.45, 2.75) is 105 Å². The lowest BCUT2D eigenvalue weighted by Crippen LogP contribution is -2.36. The molecular weight excluding hydrogens is 358 g/mol. The van der Waals surface area contributed by atoms with E-state index >= 15 is 0 Å². The SMILES string of the molecule is CCCCN(CCCC)C(=O)COc1ccc(C(C)(C)CC)c(C(C)(C)CC)c1. The Morgan fingerprint density at radius 2 is 1.38 bits per heavy atom. The quantitative estimate of drug-likeness (QED) is 0.360. The molecule has 3 nitrogen and oxygen atoms in total. The van der Waals surface area contributed by atoms with Crippen molar-refractivity contribution in [3.05, 3.63) is 29.3 Å². The Kier molecular flexibility index (Phi) is 10.2. The minimum absolute atomic E-state index is 0.0689. The molecule has 0 fully saturated rings. The highest BCUT2D eigenvalue weighted by Crippen LogP contribution is 2.39. The molecule has 0 saturated heterocycles. The Morgan fingerprint density at radius 1 is 0.862 bits per heavy atom. The topological polar surface area (TPSA) is 29.5 Å². The molecule has 29 heavy (non-hydrogen) atoms. The monoisotopic (exact) mass is 403 g/mol. The van der Waals surface area contributed by atoms with Crippen LogP contribution >= 0.6 is 0 Å². The van der Waals surface area contributed by atoms with E-state index in [2.05, 4.69) is 67.5 Å². The second-order valence-corrected chi connectivity index (χ2v) is 9.56. The summed E-state index contributed by atoms with van der Waals surface area (Å²) < 4.78 is 6.00. The average molecular weight is 404 g/mol. The van der Waals surface area contributed by atoms with Gasteiger partial charge in [-0.05, 0) is 59.8 Å². The molecule has 1 rings (SSSR count). The van der Waals surface area contributed by atoms with Crippen LogP contribution in [0.15, 0.2) is 18.2 Å². The summed E-state index contributed by atoms with van der Waals surface area (Å²) >= 11 is 0. The van der Waals surface area contributed by atoms with E-state index in [1.54, 1.807) is 0 Å². The first kappa shape index (κ1) is 25.5. The van der Waals surface area contributed by atoms with Crippen LogP contribution in [0.25, 0.3) is 0 Å². The van der Waals surface area contributed by atoms with Gasteiger partial charge in [0.05, 0.1) is 0 Å². The minimum Gasteiger partial charge on any atom is -0.484 e. The van der Waals surface area contributed by atoms with Gasteiger partial charge in [0.15, 0.2) is 6.61 Å². The summed E-state index contributed by atoms with van der Waals surface area (Å²) in [4.78, 5) is 14.7. The molecular formula is C26H45NO2. The third-order valence-electron chi connectivity index (χ3n) is 6.50. The van der Waals surface area contributed by atoms with E-state index in [4.69, 9.17) is 4.74 Å². The Bertz CT molecular complexity index is 626. The first-order valence-corrected chi connectivity index (χ1v) is 11.7. The largest absolute Gasteiger partial charge is 0.484 e. The molecule has 0 heterocycles. The van der Waals surface area contributed by atoms with Crippen molar-refractivity contribution in [1.82, 2.24) is 4.90 Å². The standard InChI is InChI=1S/C26H45NO2/c1-9-13-17-27(18-14-10-2)24(28)20-29-21-15-16-22(25(5,6)11-3)23(19-21)26(7,8)12-4/h15-16,19H,9-14,17-18,20H2,1-8H3. The van der Waals surface area contributed by atoms with Crippen molar-refractivity contribution in [3.8, 4) is 5.75 Å². The van der Waals surface area contributed by atoms with Crippen LogP contribution in [0.2, 0.25) is 0 Å². The first-order chi connectivity index (χ1) is 13.6. The van der Waals surface area contributed by atoms with Crippen molar-refractivity contribution in [2.75, 3.05) is 19.7 Å². The number of ether oxygens (including phenoxy) is 1. The van der Waals surface area contributed by atoms with Crippen LogP contribution in [0.3, 0.4) is 0 Å². The smallest absolute Gasteiger partial charge is 0.260 e. The Morgan fingerprint density at radius 3 is 1.86 bits per heavy atom. The Balaban J connectivity index is 3.01. The molecule has 166 valence electrons. The van der Waals surface area contributed by atoms with Gasteiger partial charge >= 0.3 is 0 Å². The fourth-order valence-corrected chi connectivity index (χ4v) is 3.44. The molecule has 0 saturated carbocycles. The number of rotatable bonds is 13. The van der Waals surface area contributed by atoms with Crippen molar-refractivity contribution in [3.63, 3.8) is 0 Å². The molecule has 0 spiro atoms. The van der Waals surface area contributed by atoms with Gasteiger partial charge in [0.25, 0.3) is 5.91 Å². The maximum absolute atomic E-state index is 12.7. The third-order valence-corrected chi connectivity index (χ3v) is 6.50. The highest BCUT2D eigenvalue weighted by Gasteiger charge is 2.29. The van der Waals surface area contributed by atoms with Crippen LogP contribution in [0, 0.1) is 0 Å². The van der Waals surface area contributed by atoms with Crippen LogP contribution < -0.4 is 4.74 Å². The second kappa shape index (κ2) is 11.6. The second-order valence-electron chi connectivity index (χ2n) is 9.56. The number of carbonyl (C=O) groups excluding carboxylic acids is 1. The summed E-state index contributed by atoms with van der Waals surface area (Å²) in [6, 6.07) is 6.42. The molecule has 0 radical (unpaired) electrons. The normalized spacial score (nSPS) is 12.1. The maximum atomic E-state index is 12.7. The first-order valence-electron chi connectivity index (χ1n) is 11.7.